The Morgan fingerprint density at radius 1 is 1.15 bits per heavy atom. The number of β-amino-alcohol motifs (C(OH)–C–C–N with tert-alkyl or cyclic N) is 1. The molecule has 7 heteroatoms. The molecule has 1 heterocycles. The molecular weight excluding hydrogens is 374 g/mol. The van der Waals surface area contributed by atoms with Gasteiger partial charge in [-0.1, -0.05) is 23.7 Å². The van der Waals surface area contributed by atoms with Gasteiger partial charge in [0, 0.05) is 30.9 Å². The fraction of sp³-hybridized carbons (Fsp3) is 0.368. The highest BCUT2D eigenvalue weighted by atomic mass is 35.5. The van der Waals surface area contributed by atoms with Crippen molar-refractivity contribution < 1.29 is 18.3 Å². The van der Waals surface area contributed by atoms with E-state index in [0.29, 0.717) is 35.2 Å². The Hall–Kier alpha value is -1.60. The number of likely N-dealkylation sites (tertiary alicyclic amines) is 1. The summed E-state index contributed by atoms with van der Waals surface area (Å²) in [4.78, 5) is 2.46. The number of aliphatic hydroxyl groups is 1. The summed E-state index contributed by atoms with van der Waals surface area (Å²) in [5, 5.41) is 11.1. The van der Waals surface area contributed by atoms with Crippen LogP contribution < -0.4 is 4.74 Å². The molecule has 0 saturated carbocycles. The molecule has 0 spiro atoms. The number of benzene rings is 2. The van der Waals surface area contributed by atoms with Gasteiger partial charge < -0.3 is 9.84 Å². The minimum atomic E-state index is -3.18. The van der Waals surface area contributed by atoms with Crippen molar-refractivity contribution in [3.63, 3.8) is 0 Å². The molecular formula is C19H22ClNO4S. The molecule has 2 aromatic rings. The van der Waals surface area contributed by atoms with Crippen molar-refractivity contribution in [1.29, 1.82) is 0 Å². The van der Waals surface area contributed by atoms with E-state index in [1.165, 1.54) is 6.26 Å². The van der Waals surface area contributed by atoms with Crippen molar-refractivity contribution in [2.24, 2.45) is 0 Å². The zero-order chi connectivity index (χ0) is 18.7. The van der Waals surface area contributed by atoms with E-state index in [-0.39, 0.29) is 6.10 Å². The molecule has 0 radical (unpaired) electrons. The van der Waals surface area contributed by atoms with Crippen molar-refractivity contribution in [2.75, 3.05) is 19.3 Å². The van der Waals surface area contributed by atoms with Crippen LogP contribution in [0, 0.1) is 0 Å². The maximum atomic E-state index is 11.5. The fourth-order valence-electron chi connectivity index (χ4n) is 3.04. The highest BCUT2D eigenvalue weighted by molar-refractivity contribution is 7.90. The summed E-state index contributed by atoms with van der Waals surface area (Å²) in [5.41, 5.74) is 1.02. The van der Waals surface area contributed by atoms with E-state index in [1.807, 2.05) is 12.1 Å². The van der Waals surface area contributed by atoms with Crippen LogP contribution in [0.1, 0.15) is 12.0 Å². The number of sulfone groups is 1. The topological polar surface area (TPSA) is 66.8 Å². The second-order valence-electron chi connectivity index (χ2n) is 6.62. The van der Waals surface area contributed by atoms with Crippen molar-refractivity contribution in [3.8, 4) is 5.75 Å². The van der Waals surface area contributed by atoms with Crippen LogP contribution in [0.3, 0.4) is 0 Å². The van der Waals surface area contributed by atoms with E-state index in [0.717, 1.165) is 12.1 Å². The summed E-state index contributed by atoms with van der Waals surface area (Å²) in [5.74, 6) is 0.697. The summed E-state index contributed by atoms with van der Waals surface area (Å²) < 4.78 is 28.9. The Balaban J connectivity index is 1.56. The predicted octanol–water partition coefficient (Wildman–Crippen LogP) is 2.76. The number of rotatable bonds is 5. The number of piperidine rings is 1. The minimum absolute atomic E-state index is 0.250. The Labute approximate surface area is 159 Å². The van der Waals surface area contributed by atoms with Crippen molar-refractivity contribution in [1.82, 2.24) is 4.90 Å². The SMILES string of the molecule is CS(=O)(=O)c1ccc(CN2CC[C@@H](Oc3ccc(Cl)cc3)[C@H](O)C2)cc1. The van der Waals surface area contributed by atoms with E-state index >= 15 is 0 Å². The second kappa shape index (κ2) is 7.96. The average molecular weight is 396 g/mol. The van der Waals surface area contributed by atoms with Crippen molar-refractivity contribution >= 4 is 21.4 Å². The molecule has 0 bridgehead atoms. The van der Waals surface area contributed by atoms with Gasteiger partial charge in [0.25, 0.3) is 0 Å². The van der Waals surface area contributed by atoms with Crippen molar-refractivity contribution in [2.45, 2.75) is 30.1 Å². The number of hydrogen-bond acceptors (Lipinski definition) is 5. The largest absolute Gasteiger partial charge is 0.488 e. The first kappa shape index (κ1) is 19.2. The molecule has 0 aliphatic carbocycles. The monoisotopic (exact) mass is 395 g/mol. The summed E-state index contributed by atoms with van der Waals surface area (Å²) >= 11 is 5.87. The molecule has 0 aromatic heterocycles. The average Bonchev–Trinajstić information content (AvgIpc) is 2.59. The molecule has 1 fully saturated rings. The van der Waals surface area contributed by atoms with E-state index in [4.69, 9.17) is 16.3 Å². The van der Waals surface area contributed by atoms with E-state index in [1.54, 1.807) is 36.4 Å². The maximum Gasteiger partial charge on any atom is 0.175 e. The van der Waals surface area contributed by atoms with Gasteiger partial charge in [0.15, 0.2) is 9.84 Å². The molecule has 2 aromatic carbocycles. The lowest BCUT2D eigenvalue weighted by molar-refractivity contribution is -0.0275. The number of aliphatic hydroxyl groups excluding tert-OH is 1. The van der Waals surface area contributed by atoms with Crippen LogP contribution in [0.2, 0.25) is 5.02 Å². The zero-order valence-corrected chi connectivity index (χ0v) is 16.1. The van der Waals surface area contributed by atoms with Gasteiger partial charge in [-0.15, -0.1) is 0 Å². The zero-order valence-electron chi connectivity index (χ0n) is 14.5. The molecule has 26 heavy (non-hydrogen) atoms. The van der Waals surface area contributed by atoms with Crippen molar-refractivity contribution in [3.05, 3.63) is 59.1 Å². The first-order valence-electron chi connectivity index (χ1n) is 8.43. The number of ether oxygens (including phenoxy) is 1. The lowest BCUT2D eigenvalue weighted by Gasteiger charge is -2.36. The Bertz CT molecular complexity index is 837. The first-order valence-corrected chi connectivity index (χ1v) is 10.7. The van der Waals surface area contributed by atoms with Gasteiger partial charge in [0.05, 0.1) is 4.90 Å². The Morgan fingerprint density at radius 2 is 1.81 bits per heavy atom. The third-order valence-corrected chi connectivity index (χ3v) is 5.84. The molecule has 2 atom stereocenters. The van der Waals surface area contributed by atoms with Crippen LogP contribution in [0.15, 0.2) is 53.4 Å². The molecule has 0 amide bonds. The van der Waals surface area contributed by atoms with Crippen LogP contribution in [0.4, 0.5) is 0 Å². The molecule has 1 saturated heterocycles. The van der Waals surface area contributed by atoms with E-state index < -0.39 is 15.9 Å². The molecule has 5 nitrogen and oxygen atoms in total. The number of halogens is 1. The summed E-state index contributed by atoms with van der Waals surface area (Å²) in [6, 6.07) is 14.0. The third-order valence-electron chi connectivity index (χ3n) is 4.46. The summed E-state index contributed by atoms with van der Waals surface area (Å²) in [6.07, 6.45) is 1.07. The molecule has 140 valence electrons. The lowest BCUT2D eigenvalue weighted by atomic mass is 10.0. The van der Waals surface area contributed by atoms with Gasteiger partial charge in [0.1, 0.15) is 18.0 Å². The number of nitrogens with zero attached hydrogens (tertiary/aromatic N) is 1. The van der Waals surface area contributed by atoms with Gasteiger partial charge in [-0.05, 0) is 48.4 Å². The van der Waals surface area contributed by atoms with Gasteiger partial charge >= 0.3 is 0 Å². The Morgan fingerprint density at radius 3 is 2.38 bits per heavy atom. The quantitative estimate of drug-likeness (QED) is 0.843. The van der Waals surface area contributed by atoms with Gasteiger partial charge in [-0.25, -0.2) is 8.42 Å². The normalized spacial score (nSPS) is 21.5. The highest BCUT2D eigenvalue weighted by Crippen LogP contribution is 2.22. The predicted molar refractivity (Wildman–Crippen MR) is 101 cm³/mol. The van der Waals surface area contributed by atoms with Crippen LogP contribution >= 0.6 is 11.6 Å². The maximum absolute atomic E-state index is 11.5. The smallest absolute Gasteiger partial charge is 0.175 e. The summed E-state index contributed by atoms with van der Waals surface area (Å²) in [7, 11) is -3.18. The van der Waals surface area contributed by atoms with Gasteiger partial charge in [-0.2, -0.15) is 0 Å². The van der Waals surface area contributed by atoms with Crippen LogP contribution in [0.25, 0.3) is 0 Å². The number of hydrogen-bond donors (Lipinski definition) is 1. The molecule has 3 rings (SSSR count). The van der Waals surface area contributed by atoms with E-state index in [2.05, 4.69) is 4.90 Å². The second-order valence-corrected chi connectivity index (χ2v) is 9.07. The van der Waals surface area contributed by atoms with Crippen LogP contribution in [0.5, 0.6) is 5.75 Å². The van der Waals surface area contributed by atoms with Crippen LogP contribution in [-0.4, -0.2) is 50.0 Å². The minimum Gasteiger partial charge on any atom is -0.488 e. The highest BCUT2D eigenvalue weighted by Gasteiger charge is 2.29. The van der Waals surface area contributed by atoms with Gasteiger partial charge in [0.2, 0.25) is 0 Å². The lowest BCUT2D eigenvalue weighted by Crippen LogP contribution is -2.48. The molecule has 0 unspecified atom stereocenters. The molecule has 1 N–H and O–H groups in total. The molecule has 1 aliphatic rings. The first-order chi connectivity index (χ1) is 12.3. The van der Waals surface area contributed by atoms with Gasteiger partial charge in [-0.3, -0.25) is 4.90 Å². The summed E-state index contributed by atoms with van der Waals surface area (Å²) in [6.45, 7) is 1.96. The molecule has 1 aliphatic heterocycles. The Kier molecular flexibility index (Phi) is 5.87. The third kappa shape index (κ3) is 4.98. The standard InChI is InChI=1S/C19H22ClNO4S/c1-26(23,24)17-8-2-14(3-9-17)12-21-11-10-19(18(22)13-21)25-16-6-4-15(20)5-7-16/h2-9,18-19,22H,10-13H2,1H3/t18-,19-/m1/s1. The fourth-order valence-corrected chi connectivity index (χ4v) is 3.80. The van der Waals surface area contributed by atoms with E-state index in [9.17, 15) is 13.5 Å². The van der Waals surface area contributed by atoms with Crippen LogP contribution in [-0.2, 0) is 16.4 Å².